The Morgan fingerprint density at radius 2 is 1.79 bits per heavy atom. The number of nitrogens with zero attached hydrogens (tertiary/aromatic N) is 1. The minimum absolute atomic E-state index is 0.127. The molecule has 1 fully saturated rings. The highest BCUT2D eigenvalue weighted by Gasteiger charge is 2.26. The minimum atomic E-state index is -0.483. The molecule has 1 aromatic carbocycles. The molecule has 1 aliphatic rings. The van der Waals surface area contributed by atoms with Crippen molar-refractivity contribution in [1.82, 2.24) is 10.2 Å². The zero-order valence-corrected chi connectivity index (χ0v) is 10.2. The summed E-state index contributed by atoms with van der Waals surface area (Å²) in [5, 5.41) is 4.75. The zero-order valence-electron chi connectivity index (χ0n) is 10.2. The molecule has 0 unspecified atom stereocenters. The molecule has 0 bridgehead atoms. The molecule has 1 heterocycles. The van der Waals surface area contributed by atoms with Crippen LogP contribution >= 0.6 is 0 Å². The van der Waals surface area contributed by atoms with Gasteiger partial charge in [-0.25, -0.2) is 4.79 Å². The Balaban J connectivity index is 1.99. The molecule has 4 amide bonds. The monoisotopic (exact) mass is 262 g/mol. The van der Waals surface area contributed by atoms with E-state index in [2.05, 4.69) is 10.6 Å². The van der Waals surface area contributed by atoms with Crippen LogP contribution in [0.4, 0.5) is 10.5 Å². The smallest absolute Gasteiger partial charge is 0.322 e. The number of hydrogen-bond acceptors (Lipinski definition) is 4. The molecule has 1 saturated heterocycles. The van der Waals surface area contributed by atoms with Crippen LogP contribution in [0.15, 0.2) is 24.3 Å². The second kappa shape index (κ2) is 5.49. The summed E-state index contributed by atoms with van der Waals surface area (Å²) in [6.45, 7) is 0.173. The van der Waals surface area contributed by atoms with E-state index in [9.17, 15) is 14.4 Å². The average Bonchev–Trinajstić information content (AvgIpc) is 2.38. The molecule has 0 aromatic heterocycles. The molecule has 19 heavy (non-hydrogen) atoms. The van der Waals surface area contributed by atoms with Crippen molar-refractivity contribution in [2.24, 2.45) is 5.73 Å². The lowest BCUT2D eigenvalue weighted by Gasteiger charge is -2.25. The first-order chi connectivity index (χ1) is 9.08. The Labute approximate surface area is 109 Å². The molecule has 0 spiro atoms. The summed E-state index contributed by atoms with van der Waals surface area (Å²) in [7, 11) is 0. The van der Waals surface area contributed by atoms with E-state index in [-0.39, 0.29) is 13.1 Å². The molecule has 0 aliphatic carbocycles. The third kappa shape index (κ3) is 3.29. The van der Waals surface area contributed by atoms with Crippen molar-refractivity contribution in [1.29, 1.82) is 0 Å². The van der Waals surface area contributed by atoms with Crippen molar-refractivity contribution in [2.75, 3.05) is 18.4 Å². The second-order valence-electron chi connectivity index (χ2n) is 4.16. The molecule has 0 atom stereocenters. The lowest BCUT2D eigenvalue weighted by atomic mass is 10.2. The van der Waals surface area contributed by atoms with E-state index >= 15 is 0 Å². The van der Waals surface area contributed by atoms with Gasteiger partial charge < -0.3 is 16.0 Å². The number of nitrogens with one attached hydrogen (secondary N) is 2. The number of rotatable bonds is 2. The molecule has 7 nitrogen and oxygen atoms in total. The standard InChI is InChI=1S/C12H14N4O3/c13-5-8-1-3-9(4-2-8)14-12(19)16-6-10(17)15-11(18)7-16/h1-4H,5-7,13H2,(H,14,19)(H,15,17,18). The molecular weight excluding hydrogens is 248 g/mol. The van der Waals surface area contributed by atoms with Crippen molar-refractivity contribution >= 4 is 23.5 Å². The lowest BCUT2D eigenvalue weighted by molar-refractivity contribution is -0.134. The maximum absolute atomic E-state index is 11.9. The Morgan fingerprint density at radius 3 is 2.32 bits per heavy atom. The third-order valence-corrected chi connectivity index (χ3v) is 2.68. The summed E-state index contributed by atoms with van der Waals surface area (Å²) in [4.78, 5) is 35.3. The Kier molecular flexibility index (Phi) is 3.76. The van der Waals surface area contributed by atoms with Crippen molar-refractivity contribution in [3.05, 3.63) is 29.8 Å². The number of imide groups is 1. The van der Waals surface area contributed by atoms with Crippen LogP contribution in [-0.4, -0.2) is 35.8 Å². The first-order valence-electron chi connectivity index (χ1n) is 5.76. The Hall–Kier alpha value is -2.41. The van der Waals surface area contributed by atoms with E-state index in [1.165, 1.54) is 0 Å². The predicted molar refractivity (Wildman–Crippen MR) is 68.1 cm³/mol. The van der Waals surface area contributed by atoms with Crippen LogP contribution in [0.1, 0.15) is 5.56 Å². The summed E-state index contributed by atoms with van der Waals surface area (Å²) in [6.07, 6.45) is 0. The fourth-order valence-electron chi connectivity index (χ4n) is 1.71. The van der Waals surface area contributed by atoms with Gasteiger partial charge in [0.25, 0.3) is 0 Å². The number of hydrogen-bond donors (Lipinski definition) is 3. The van der Waals surface area contributed by atoms with Gasteiger partial charge in [0.2, 0.25) is 11.8 Å². The van der Waals surface area contributed by atoms with Gasteiger partial charge in [0.1, 0.15) is 13.1 Å². The number of nitrogens with two attached hydrogens (primary N) is 1. The summed E-state index contributed by atoms with van der Waals surface area (Å²) in [5.74, 6) is -0.963. The number of carbonyl (C=O) groups excluding carboxylic acids is 3. The van der Waals surface area contributed by atoms with Gasteiger partial charge in [0.05, 0.1) is 0 Å². The van der Waals surface area contributed by atoms with E-state index in [1.54, 1.807) is 24.3 Å². The normalized spacial score (nSPS) is 15.1. The Bertz CT molecular complexity index is 496. The lowest BCUT2D eigenvalue weighted by Crippen LogP contribution is -2.54. The summed E-state index contributed by atoms with van der Waals surface area (Å²) in [6, 6.07) is 6.54. The molecular formula is C12H14N4O3. The third-order valence-electron chi connectivity index (χ3n) is 2.68. The van der Waals surface area contributed by atoms with Gasteiger partial charge in [-0.1, -0.05) is 12.1 Å². The first kappa shape index (κ1) is 13.0. The molecule has 1 aromatic rings. The van der Waals surface area contributed by atoms with Gasteiger partial charge in [-0.15, -0.1) is 0 Å². The van der Waals surface area contributed by atoms with Gasteiger partial charge in [-0.2, -0.15) is 0 Å². The van der Waals surface area contributed by atoms with Gasteiger partial charge in [0, 0.05) is 12.2 Å². The second-order valence-corrected chi connectivity index (χ2v) is 4.16. The highest BCUT2D eigenvalue weighted by Crippen LogP contribution is 2.10. The van der Waals surface area contributed by atoms with Crippen LogP contribution in [0.5, 0.6) is 0 Å². The van der Waals surface area contributed by atoms with Crippen LogP contribution in [0, 0.1) is 0 Å². The van der Waals surface area contributed by atoms with Crippen LogP contribution in [0.25, 0.3) is 0 Å². The van der Waals surface area contributed by atoms with Crippen molar-refractivity contribution in [3.8, 4) is 0 Å². The van der Waals surface area contributed by atoms with E-state index in [4.69, 9.17) is 5.73 Å². The number of amides is 4. The average molecular weight is 262 g/mol. The fraction of sp³-hybridized carbons (Fsp3) is 0.250. The van der Waals surface area contributed by atoms with Crippen LogP contribution < -0.4 is 16.4 Å². The SMILES string of the molecule is NCc1ccc(NC(=O)N2CC(=O)NC(=O)C2)cc1. The van der Waals surface area contributed by atoms with Crippen LogP contribution in [-0.2, 0) is 16.1 Å². The molecule has 2 rings (SSSR count). The molecule has 100 valence electrons. The summed E-state index contributed by atoms with van der Waals surface area (Å²) >= 11 is 0. The number of urea groups is 1. The van der Waals surface area contributed by atoms with Crippen LogP contribution in [0.2, 0.25) is 0 Å². The largest absolute Gasteiger partial charge is 0.326 e. The molecule has 4 N–H and O–H groups in total. The summed E-state index contributed by atoms with van der Waals surface area (Å²) in [5.41, 5.74) is 7.00. The zero-order chi connectivity index (χ0) is 13.8. The highest BCUT2D eigenvalue weighted by atomic mass is 16.2. The maximum atomic E-state index is 11.9. The predicted octanol–water partition coefficient (Wildman–Crippen LogP) is -0.364. The summed E-state index contributed by atoms with van der Waals surface area (Å²) < 4.78 is 0. The number of carbonyl (C=O) groups is 3. The van der Waals surface area contributed by atoms with Crippen molar-refractivity contribution in [3.63, 3.8) is 0 Å². The van der Waals surface area contributed by atoms with Crippen molar-refractivity contribution in [2.45, 2.75) is 6.54 Å². The van der Waals surface area contributed by atoms with E-state index < -0.39 is 17.8 Å². The molecule has 0 saturated carbocycles. The van der Waals surface area contributed by atoms with Crippen molar-refractivity contribution < 1.29 is 14.4 Å². The highest BCUT2D eigenvalue weighted by molar-refractivity contribution is 6.04. The number of benzene rings is 1. The van der Waals surface area contributed by atoms with Gasteiger partial charge >= 0.3 is 6.03 Å². The van der Waals surface area contributed by atoms with E-state index in [0.29, 0.717) is 12.2 Å². The van der Waals surface area contributed by atoms with E-state index in [1.807, 2.05) is 0 Å². The van der Waals surface area contributed by atoms with E-state index in [0.717, 1.165) is 10.5 Å². The first-order valence-corrected chi connectivity index (χ1v) is 5.76. The van der Waals surface area contributed by atoms with Gasteiger partial charge in [-0.05, 0) is 17.7 Å². The van der Waals surface area contributed by atoms with Gasteiger partial charge in [-0.3, -0.25) is 14.9 Å². The minimum Gasteiger partial charge on any atom is -0.326 e. The maximum Gasteiger partial charge on any atom is 0.322 e. The fourth-order valence-corrected chi connectivity index (χ4v) is 1.71. The number of piperazine rings is 1. The topological polar surface area (TPSA) is 105 Å². The quantitative estimate of drug-likeness (QED) is 0.633. The molecule has 1 aliphatic heterocycles. The Morgan fingerprint density at radius 1 is 1.21 bits per heavy atom. The molecule has 7 heteroatoms. The number of anilines is 1. The molecule has 0 radical (unpaired) electrons. The van der Waals surface area contributed by atoms with Crippen LogP contribution in [0.3, 0.4) is 0 Å². The van der Waals surface area contributed by atoms with Gasteiger partial charge in [0.15, 0.2) is 0 Å².